The van der Waals surface area contributed by atoms with Gasteiger partial charge in [-0.3, -0.25) is 9.20 Å². The normalized spacial score (nSPS) is 12.2. The molecule has 2 aromatic heterocycles. The van der Waals surface area contributed by atoms with Crippen molar-refractivity contribution in [3.63, 3.8) is 0 Å². The topological polar surface area (TPSA) is 68.5 Å². The van der Waals surface area contributed by atoms with Crippen LogP contribution in [0.25, 0.3) is 5.65 Å². The van der Waals surface area contributed by atoms with Crippen LogP contribution in [0.15, 0.2) is 41.7 Å². The van der Waals surface area contributed by atoms with Crippen LogP contribution in [0.4, 0.5) is 0 Å². The zero-order valence-electron chi connectivity index (χ0n) is 14.1. The monoisotopic (exact) mass is 410 g/mol. The number of carbonyl (C=O) groups excluding carboxylic acids is 1. The molecular weight excluding hydrogens is 395 g/mol. The van der Waals surface area contributed by atoms with Gasteiger partial charge >= 0.3 is 0 Å². The second kappa shape index (κ2) is 8.16. The van der Waals surface area contributed by atoms with Crippen molar-refractivity contribution in [1.82, 2.24) is 19.9 Å². The molecule has 1 atom stereocenters. The minimum absolute atomic E-state index is 0.101. The van der Waals surface area contributed by atoms with Crippen molar-refractivity contribution in [1.29, 1.82) is 0 Å². The van der Waals surface area contributed by atoms with Crippen LogP contribution in [0, 0.1) is 0 Å². The third kappa shape index (κ3) is 4.23. The van der Waals surface area contributed by atoms with E-state index in [9.17, 15) is 4.79 Å². The standard InChI is InChI=1S/C17H16Cl2N4O2S/c1-10(16(24)20-8-11-3-5-13(25-2)6-4-11)26-17-22-21-15-14(19)7-12(18)9-23(15)17/h3-7,9-10H,8H2,1-2H3,(H,20,24)/t10-/m1/s1. The highest BCUT2D eigenvalue weighted by Crippen LogP contribution is 2.27. The molecule has 6 nitrogen and oxygen atoms in total. The second-order valence-electron chi connectivity index (χ2n) is 5.51. The van der Waals surface area contributed by atoms with Gasteiger partial charge in [-0.15, -0.1) is 10.2 Å². The highest BCUT2D eigenvalue weighted by molar-refractivity contribution is 8.00. The summed E-state index contributed by atoms with van der Waals surface area (Å²) >= 11 is 13.4. The molecule has 0 aliphatic heterocycles. The first-order valence-electron chi connectivity index (χ1n) is 7.75. The number of pyridine rings is 1. The van der Waals surface area contributed by atoms with E-state index in [0.29, 0.717) is 27.4 Å². The lowest BCUT2D eigenvalue weighted by Crippen LogP contribution is -2.30. The largest absolute Gasteiger partial charge is 0.497 e. The lowest BCUT2D eigenvalue weighted by Gasteiger charge is -2.11. The minimum Gasteiger partial charge on any atom is -0.497 e. The smallest absolute Gasteiger partial charge is 0.233 e. The number of aromatic nitrogens is 3. The van der Waals surface area contributed by atoms with Crippen molar-refractivity contribution in [2.75, 3.05) is 7.11 Å². The molecule has 1 amide bonds. The highest BCUT2D eigenvalue weighted by Gasteiger charge is 2.18. The molecule has 0 spiro atoms. The molecular formula is C17H16Cl2N4O2S. The molecule has 1 aromatic carbocycles. The van der Waals surface area contributed by atoms with E-state index in [1.54, 1.807) is 30.7 Å². The number of nitrogens with zero attached hydrogens (tertiary/aromatic N) is 3. The summed E-state index contributed by atoms with van der Waals surface area (Å²) in [5.41, 5.74) is 1.49. The Morgan fingerprint density at radius 3 is 2.73 bits per heavy atom. The summed E-state index contributed by atoms with van der Waals surface area (Å²) < 4.78 is 6.80. The van der Waals surface area contributed by atoms with Gasteiger partial charge in [0.15, 0.2) is 10.8 Å². The number of fused-ring (bicyclic) bond motifs is 1. The number of benzene rings is 1. The summed E-state index contributed by atoms with van der Waals surface area (Å²) in [5, 5.41) is 12.1. The average Bonchev–Trinajstić information content (AvgIpc) is 3.03. The fraction of sp³-hybridized carbons (Fsp3) is 0.235. The summed E-state index contributed by atoms with van der Waals surface area (Å²) in [7, 11) is 1.62. The van der Waals surface area contributed by atoms with Crippen LogP contribution in [0.5, 0.6) is 5.75 Å². The minimum atomic E-state index is -0.363. The molecule has 26 heavy (non-hydrogen) atoms. The lowest BCUT2D eigenvalue weighted by molar-refractivity contribution is -0.120. The van der Waals surface area contributed by atoms with Crippen LogP contribution >= 0.6 is 35.0 Å². The van der Waals surface area contributed by atoms with Crippen molar-refractivity contribution in [3.8, 4) is 5.75 Å². The number of ether oxygens (including phenoxy) is 1. The summed E-state index contributed by atoms with van der Waals surface area (Å²) in [6.07, 6.45) is 1.67. The van der Waals surface area contributed by atoms with Gasteiger partial charge in [-0.25, -0.2) is 0 Å². The van der Waals surface area contributed by atoms with Gasteiger partial charge in [-0.2, -0.15) is 0 Å². The zero-order chi connectivity index (χ0) is 18.7. The van der Waals surface area contributed by atoms with E-state index >= 15 is 0 Å². The van der Waals surface area contributed by atoms with E-state index < -0.39 is 0 Å². The van der Waals surface area contributed by atoms with Gasteiger partial charge < -0.3 is 10.1 Å². The Labute approximate surface area is 164 Å². The van der Waals surface area contributed by atoms with Crippen LogP contribution in [0.3, 0.4) is 0 Å². The maximum absolute atomic E-state index is 12.4. The molecule has 9 heteroatoms. The Bertz CT molecular complexity index is 930. The summed E-state index contributed by atoms with van der Waals surface area (Å²) in [6.45, 7) is 2.24. The Morgan fingerprint density at radius 1 is 1.31 bits per heavy atom. The van der Waals surface area contributed by atoms with Gasteiger partial charge in [0.25, 0.3) is 0 Å². The van der Waals surface area contributed by atoms with Gasteiger partial charge in [0, 0.05) is 12.7 Å². The number of methoxy groups -OCH3 is 1. The Hall–Kier alpha value is -1.96. The maximum Gasteiger partial charge on any atom is 0.233 e. The molecule has 0 saturated carbocycles. The number of hydrogen-bond acceptors (Lipinski definition) is 5. The highest BCUT2D eigenvalue weighted by atomic mass is 35.5. The first-order chi connectivity index (χ1) is 12.5. The molecule has 0 radical (unpaired) electrons. The fourth-order valence-corrected chi connectivity index (χ4v) is 3.63. The average molecular weight is 411 g/mol. The third-order valence-corrected chi connectivity index (χ3v) is 5.21. The van der Waals surface area contributed by atoms with Gasteiger partial charge in [-0.1, -0.05) is 47.1 Å². The SMILES string of the molecule is COc1ccc(CNC(=O)[C@@H](C)Sc2nnc3c(Cl)cc(Cl)cn23)cc1. The predicted molar refractivity (Wildman–Crippen MR) is 103 cm³/mol. The molecule has 1 N–H and O–H groups in total. The lowest BCUT2D eigenvalue weighted by atomic mass is 10.2. The van der Waals surface area contributed by atoms with E-state index in [1.807, 2.05) is 24.3 Å². The first kappa shape index (κ1) is 18.8. The number of thioether (sulfide) groups is 1. The molecule has 3 aromatic rings. The van der Waals surface area contributed by atoms with Crippen LogP contribution < -0.4 is 10.1 Å². The van der Waals surface area contributed by atoms with E-state index in [-0.39, 0.29) is 11.2 Å². The summed E-state index contributed by atoms with van der Waals surface area (Å²) in [6, 6.07) is 9.14. The summed E-state index contributed by atoms with van der Waals surface area (Å²) in [5.74, 6) is 0.677. The zero-order valence-corrected chi connectivity index (χ0v) is 16.4. The molecule has 0 bridgehead atoms. The number of amides is 1. The van der Waals surface area contributed by atoms with Crippen LogP contribution in [0.2, 0.25) is 10.0 Å². The van der Waals surface area contributed by atoms with E-state index in [0.717, 1.165) is 11.3 Å². The Morgan fingerprint density at radius 2 is 2.04 bits per heavy atom. The number of carbonyl (C=O) groups is 1. The Kier molecular flexibility index (Phi) is 5.90. The van der Waals surface area contributed by atoms with Gasteiger partial charge in [0.05, 0.1) is 22.4 Å². The molecule has 0 aliphatic rings. The molecule has 0 fully saturated rings. The number of rotatable bonds is 6. The van der Waals surface area contributed by atoms with Crippen molar-refractivity contribution in [3.05, 3.63) is 52.1 Å². The van der Waals surface area contributed by atoms with Crippen molar-refractivity contribution in [2.45, 2.75) is 23.9 Å². The van der Waals surface area contributed by atoms with Gasteiger partial charge in [0.2, 0.25) is 5.91 Å². The Balaban J connectivity index is 1.64. The van der Waals surface area contributed by atoms with Crippen molar-refractivity contribution < 1.29 is 9.53 Å². The molecule has 2 heterocycles. The maximum atomic E-state index is 12.4. The van der Waals surface area contributed by atoms with Gasteiger partial charge in [0.1, 0.15) is 5.75 Å². The molecule has 0 aliphatic carbocycles. The third-order valence-electron chi connectivity index (χ3n) is 3.67. The van der Waals surface area contributed by atoms with Crippen LogP contribution in [0.1, 0.15) is 12.5 Å². The quantitative estimate of drug-likeness (QED) is 0.625. The van der Waals surface area contributed by atoms with Crippen molar-refractivity contribution >= 4 is 46.5 Å². The fourth-order valence-electron chi connectivity index (χ4n) is 2.27. The summed E-state index contributed by atoms with van der Waals surface area (Å²) in [4.78, 5) is 12.4. The number of nitrogens with one attached hydrogen (secondary N) is 1. The predicted octanol–water partition coefficient (Wildman–Crippen LogP) is 3.84. The molecule has 0 saturated heterocycles. The number of hydrogen-bond donors (Lipinski definition) is 1. The van der Waals surface area contributed by atoms with E-state index in [2.05, 4.69) is 15.5 Å². The molecule has 0 unspecified atom stereocenters. The number of halogens is 2. The molecule has 136 valence electrons. The van der Waals surface area contributed by atoms with Gasteiger partial charge in [-0.05, 0) is 30.7 Å². The van der Waals surface area contributed by atoms with E-state index in [4.69, 9.17) is 27.9 Å². The molecule has 3 rings (SSSR count). The second-order valence-corrected chi connectivity index (χ2v) is 7.66. The van der Waals surface area contributed by atoms with Crippen LogP contribution in [-0.4, -0.2) is 32.9 Å². The van der Waals surface area contributed by atoms with E-state index in [1.165, 1.54) is 11.8 Å². The first-order valence-corrected chi connectivity index (χ1v) is 9.38. The van der Waals surface area contributed by atoms with Crippen LogP contribution in [-0.2, 0) is 11.3 Å². The van der Waals surface area contributed by atoms with Crippen molar-refractivity contribution in [2.24, 2.45) is 0 Å².